The van der Waals surface area contributed by atoms with Gasteiger partial charge in [-0.3, -0.25) is 5.43 Å². The first kappa shape index (κ1) is 8.81. The summed E-state index contributed by atoms with van der Waals surface area (Å²) in [6.07, 6.45) is 3.66. The van der Waals surface area contributed by atoms with E-state index in [9.17, 15) is 0 Å². The highest BCUT2D eigenvalue weighted by atomic mass is 15.3. The Balaban J connectivity index is 1.87. The van der Waals surface area contributed by atoms with Crippen LogP contribution >= 0.6 is 0 Å². The maximum atomic E-state index is 5.37. The number of hydrazine groups is 1. The quantitative estimate of drug-likeness (QED) is 0.250. The molecule has 74 valence electrons. The van der Waals surface area contributed by atoms with Crippen molar-refractivity contribution in [3.8, 4) is 0 Å². The van der Waals surface area contributed by atoms with Gasteiger partial charge >= 0.3 is 0 Å². The highest BCUT2D eigenvalue weighted by Gasteiger charge is 2.46. The number of aliphatic imine (C=N–C) groups is 1. The van der Waals surface area contributed by atoms with Crippen molar-refractivity contribution in [1.82, 2.24) is 10.7 Å². The summed E-state index contributed by atoms with van der Waals surface area (Å²) in [5, 5.41) is 3.26. The number of rotatable bonds is 2. The topological polar surface area (TPSA) is 62.4 Å². The third kappa shape index (κ3) is 2.12. The summed E-state index contributed by atoms with van der Waals surface area (Å²) in [5.74, 6) is 6.13. The van der Waals surface area contributed by atoms with Gasteiger partial charge in [0.1, 0.15) is 0 Å². The molecular weight excluding hydrogens is 164 g/mol. The minimum Gasteiger partial charge on any atom is -0.353 e. The van der Waals surface area contributed by atoms with Crippen molar-refractivity contribution >= 4 is 5.96 Å². The van der Waals surface area contributed by atoms with Gasteiger partial charge in [0.2, 0.25) is 5.96 Å². The molecule has 1 atom stereocenters. The van der Waals surface area contributed by atoms with Gasteiger partial charge in [0, 0.05) is 6.04 Å². The van der Waals surface area contributed by atoms with E-state index >= 15 is 0 Å². The maximum absolute atomic E-state index is 5.37. The number of hydrogen-bond donors (Lipinski definition) is 3. The summed E-state index contributed by atoms with van der Waals surface area (Å²) in [7, 11) is 0. The van der Waals surface area contributed by atoms with E-state index in [-0.39, 0.29) is 0 Å². The first-order chi connectivity index (χ1) is 6.12. The van der Waals surface area contributed by atoms with Crippen LogP contribution in [0.3, 0.4) is 0 Å². The van der Waals surface area contributed by atoms with Crippen molar-refractivity contribution in [2.45, 2.75) is 45.2 Å². The number of guanidine groups is 1. The van der Waals surface area contributed by atoms with E-state index < -0.39 is 0 Å². The van der Waals surface area contributed by atoms with Crippen LogP contribution in [-0.4, -0.2) is 18.0 Å². The van der Waals surface area contributed by atoms with Crippen molar-refractivity contribution < 1.29 is 0 Å². The summed E-state index contributed by atoms with van der Waals surface area (Å²) in [5.41, 5.74) is 3.00. The molecule has 0 aromatic carbocycles. The summed E-state index contributed by atoms with van der Waals surface area (Å²) in [6, 6.07) is 1.06. The van der Waals surface area contributed by atoms with E-state index in [1.807, 2.05) is 0 Å². The molecule has 0 aromatic rings. The Kier molecular flexibility index (Phi) is 1.95. The molecule has 0 spiro atoms. The fourth-order valence-corrected chi connectivity index (χ4v) is 1.35. The Bertz CT molecular complexity index is 230. The van der Waals surface area contributed by atoms with Crippen LogP contribution < -0.4 is 16.6 Å². The van der Waals surface area contributed by atoms with Crippen LogP contribution in [0.1, 0.15) is 33.1 Å². The largest absolute Gasteiger partial charge is 0.353 e. The lowest BCUT2D eigenvalue weighted by Gasteiger charge is -2.07. The SMILES string of the molecule is CC1(C)CC1N=C(NN)NC1CC1. The summed E-state index contributed by atoms with van der Waals surface area (Å²) < 4.78 is 0. The predicted octanol–water partition coefficient (Wildman–Crippen LogP) is 0.356. The van der Waals surface area contributed by atoms with Gasteiger partial charge in [-0.2, -0.15) is 0 Å². The molecular formula is C9H18N4. The molecule has 2 rings (SSSR count). The lowest BCUT2D eigenvalue weighted by Crippen LogP contribution is -2.42. The minimum absolute atomic E-state index is 0.382. The van der Waals surface area contributed by atoms with Crippen LogP contribution in [0.5, 0.6) is 0 Å². The minimum atomic E-state index is 0.382. The standard InChI is InChI=1S/C9H18N4/c1-9(2)5-7(9)12-8(13-10)11-6-3-4-6/h6-7H,3-5,10H2,1-2H3,(H2,11,12,13). The number of nitrogens with two attached hydrogens (primary N) is 1. The van der Waals surface area contributed by atoms with E-state index in [0.29, 0.717) is 17.5 Å². The van der Waals surface area contributed by atoms with Crippen LogP contribution in [-0.2, 0) is 0 Å². The average Bonchev–Trinajstić information content (AvgIpc) is 2.92. The van der Waals surface area contributed by atoms with Gasteiger partial charge < -0.3 is 5.32 Å². The van der Waals surface area contributed by atoms with E-state index in [4.69, 9.17) is 5.84 Å². The smallest absolute Gasteiger partial charge is 0.206 e. The van der Waals surface area contributed by atoms with Gasteiger partial charge in [-0.05, 0) is 24.7 Å². The first-order valence-corrected chi connectivity index (χ1v) is 4.93. The van der Waals surface area contributed by atoms with Crippen molar-refractivity contribution in [3.63, 3.8) is 0 Å². The lowest BCUT2D eigenvalue weighted by atomic mass is 10.2. The Labute approximate surface area is 79.0 Å². The molecule has 1 unspecified atom stereocenters. The van der Waals surface area contributed by atoms with E-state index in [1.54, 1.807) is 0 Å². The van der Waals surface area contributed by atoms with Crippen LogP contribution in [0.25, 0.3) is 0 Å². The highest BCUT2D eigenvalue weighted by Crippen LogP contribution is 2.47. The second-order valence-electron chi connectivity index (χ2n) is 4.75. The molecule has 4 nitrogen and oxygen atoms in total. The molecule has 0 amide bonds. The number of nitrogens with one attached hydrogen (secondary N) is 2. The molecule has 2 saturated carbocycles. The zero-order valence-electron chi connectivity index (χ0n) is 8.30. The number of nitrogens with zero attached hydrogens (tertiary/aromatic N) is 1. The van der Waals surface area contributed by atoms with Gasteiger partial charge in [-0.15, -0.1) is 0 Å². The molecule has 4 heteroatoms. The van der Waals surface area contributed by atoms with Crippen molar-refractivity contribution in [1.29, 1.82) is 0 Å². The molecule has 0 radical (unpaired) electrons. The van der Waals surface area contributed by atoms with Crippen LogP contribution in [0.2, 0.25) is 0 Å². The molecule has 2 aliphatic rings. The fraction of sp³-hybridized carbons (Fsp3) is 0.889. The molecule has 0 aromatic heterocycles. The van der Waals surface area contributed by atoms with Gasteiger partial charge in [0.05, 0.1) is 6.04 Å². The normalized spacial score (nSPS) is 31.3. The van der Waals surface area contributed by atoms with Crippen molar-refractivity contribution in [2.75, 3.05) is 0 Å². The molecule has 0 heterocycles. The van der Waals surface area contributed by atoms with Gasteiger partial charge in [0.15, 0.2) is 0 Å². The first-order valence-electron chi connectivity index (χ1n) is 4.93. The maximum Gasteiger partial charge on any atom is 0.206 e. The molecule has 0 saturated heterocycles. The Morgan fingerprint density at radius 3 is 2.46 bits per heavy atom. The third-order valence-electron chi connectivity index (χ3n) is 2.80. The number of hydrogen-bond acceptors (Lipinski definition) is 2. The van der Waals surface area contributed by atoms with Crippen molar-refractivity contribution in [2.24, 2.45) is 16.3 Å². The molecule has 2 fully saturated rings. The monoisotopic (exact) mass is 182 g/mol. The molecule has 0 aliphatic heterocycles. The molecule has 2 aliphatic carbocycles. The summed E-state index contributed by atoms with van der Waals surface area (Å²) >= 11 is 0. The van der Waals surface area contributed by atoms with Crippen molar-refractivity contribution in [3.05, 3.63) is 0 Å². The summed E-state index contributed by atoms with van der Waals surface area (Å²) in [6.45, 7) is 4.46. The fourth-order valence-electron chi connectivity index (χ4n) is 1.35. The van der Waals surface area contributed by atoms with Gasteiger partial charge in [-0.1, -0.05) is 13.8 Å². The molecule has 4 N–H and O–H groups in total. The Morgan fingerprint density at radius 2 is 2.08 bits per heavy atom. The van der Waals surface area contributed by atoms with E-state index in [1.165, 1.54) is 19.3 Å². The summed E-state index contributed by atoms with van der Waals surface area (Å²) in [4.78, 5) is 4.51. The zero-order chi connectivity index (χ0) is 9.47. The molecule has 0 bridgehead atoms. The molecule has 13 heavy (non-hydrogen) atoms. The average molecular weight is 182 g/mol. The van der Waals surface area contributed by atoms with Gasteiger partial charge in [-0.25, -0.2) is 10.8 Å². The Morgan fingerprint density at radius 1 is 1.46 bits per heavy atom. The van der Waals surface area contributed by atoms with Gasteiger partial charge in [0.25, 0.3) is 0 Å². The third-order valence-corrected chi connectivity index (χ3v) is 2.80. The lowest BCUT2D eigenvalue weighted by molar-refractivity contribution is 0.615. The van der Waals surface area contributed by atoms with E-state index in [2.05, 4.69) is 29.6 Å². The Hall–Kier alpha value is -0.770. The second kappa shape index (κ2) is 2.87. The predicted molar refractivity (Wildman–Crippen MR) is 53.1 cm³/mol. The van der Waals surface area contributed by atoms with Crippen LogP contribution in [0.15, 0.2) is 4.99 Å². The van der Waals surface area contributed by atoms with E-state index in [0.717, 1.165) is 5.96 Å². The van der Waals surface area contributed by atoms with Crippen LogP contribution in [0, 0.1) is 5.41 Å². The zero-order valence-corrected chi connectivity index (χ0v) is 8.30. The highest BCUT2D eigenvalue weighted by molar-refractivity contribution is 5.80. The van der Waals surface area contributed by atoms with Crippen LogP contribution in [0.4, 0.5) is 0 Å². The second-order valence-corrected chi connectivity index (χ2v) is 4.75.